The van der Waals surface area contributed by atoms with Crippen molar-refractivity contribution in [2.75, 3.05) is 33.0 Å². The summed E-state index contributed by atoms with van der Waals surface area (Å²) in [5.41, 5.74) is 2.28. The Morgan fingerprint density at radius 3 is 2.39 bits per heavy atom. The van der Waals surface area contributed by atoms with Crippen molar-refractivity contribution in [2.24, 2.45) is 4.99 Å². The predicted octanol–water partition coefficient (Wildman–Crippen LogP) is 3.66. The van der Waals surface area contributed by atoms with E-state index in [-0.39, 0.29) is 24.0 Å². The zero-order chi connectivity index (χ0) is 19.5. The van der Waals surface area contributed by atoms with Crippen molar-refractivity contribution in [1.82, 2.24) is 10.2 Å². The first-order valence-corrected chi connectivity index (χ1v) is 10.6. The molecule has 154 valence electrons. The molecule has 0 aliphatic rings. The molecular weight excluding hydrogens is 485 g/mol. The lowest BCUT2D eigenvalue weighted by atomic mass is 10.2. The SMILES string of the molecule is CCNC(=NCCS(=O)Cc1ccccc1)N(C)Cc1ccc(OC)cc1.I. The number of benzene rings is 2. The lowest BCUT2D eigenvalue weighted by Gasteiger charge is -2.22. The molecule has 1 atom stereocenters. The zero-order valence-corrected chi connectivity index (χ0v) is 19.9. The van der Waals surface area contributed by atoms with Crippen LogP contribution in [-0.2, 0) is 23.1 Å². The van der Waals surface area contributed by atoms with Gasteiger partial charge in [0.05, 0.1) is 13.7 Å². The van der Waals surface area contributed by atoms with Crippen LogP contribution in [0.5, 0.6) is 5.75 Å². The summed E-state index contributed by atoms with van der Waals surface area (Å²) in [6.07, 6.45) is 0. The topological polar surface area (TPSA) is 53.9 Å². The Bertz CT molecular complexity index is 739. The first-order chi connectivity index (χ1) is 13.1. The van der Waals surface area contributed by atoms with Gasteiger partial charge in [0.15, 0.2) is 5.96 Å². The normalized spacial score (nSPS) is 12.0. The van der Waals surface area contributed by atoms with Gasteiger partial charge in [-0.25, -0.2) is 0 Å². The van der Waals surface area contributed by atoms with Crippen molar-refractivity contribution in [1.29, 1.82) is 0 Å². The van der Waals surface area contributed by atoms with Crippen LogP contribution in [0.3, 0.4) is 0 Å². The summed E-state index contributed by atoms with van der Waals surface area (Å²) in [6.45, 7) is 4.11. The third kappa shape index (κ3) is 8.60. The van der Waals surface area contributed by atoms with Gasteiger partial charge in [0, 0.05) is 42.4 Å². The summed E-state index contributed by atoms with van der Waals surface area (Å²) in [5, 5.41) is 3.30. The summed E-state index contributed by atoms with van der Waals surface area (Å²) in [7, 11) is 2.76. The molecule has 5 nitrogen and oxygen atoms in total. The standard InChI is InChI=1S/C21H29N3O2S.HI/c1-4-22-21(24(2)16-18-10-12-20(26-3)13-11-18)23-14-15-27(25)17-19-8-6-5-7-9-19;/h5-13H,4,14-17H2,1-3H3,(H,22,23);1H. The Morgan fingerprint density at radius 1 is 1.11 bits per heavy atom. The number of aliphatic imine (C=N–C) groups is 1. The number of nitrogens with zero attached hydrogens (tertiary/aromatic N) is 2. The molecule has 0 heterocycles. The van der Waals surface area contributed by atoms with Gasteiger partial charge in [-0.3, -0.25) is 9.20 Å². The lowest BCUT2D eigenvalue weighted by molar-refractivity contribution is 0.414. The summed E-state index contributed by atoms with van der Waals surface area (Å²) >= 11 is 0. The number of halogens is 1. The molecule has 2 aromatic carbocycles. The van der Waals surface area contributed by atoms with E-state index in [9.17, 15) is 4.21 Å². The van der Waals surface area contributed by atoms with Crippen LogP contribution in [0.4, 0.5) is 0 Å². The molecule has 0 aromatic heterocycles. The van der Waals surface area contributed by atoms with Gasteiger partial charge in [-0.2, -0.15) is 0 Å². The average Bonchev–Trinajstić information content (AvgIpc) is 2.68. The van der Waals surface area contributed by atoms with Crippen LogP contribution in [0.25, 0.3) is 0 Å². The minimum atomic E-state index is -0.914. The fourth-order valence-electron chi connectivity index (χ4n) is 2.64. The van der Waals surface area contributed by atoms with Crippen LogP contribution in [0.2, 0.25) is 0 Å². The van der Waals surface area contributed by atoms with Gasteiger partial charge < -0.3 is 15.0 Å². The summed E-state index contributed by atoms with van der Waals surface area (Å²) in [4.78, 5) is 6.71. The monoisotopic (exact) mass is 515 g/mol. The molecule has 1 unspecified atom stereocenters. The molecule has 0 radical (unpaired) electrons. The largest absolute Gasteiger partial charge is 0.497 e. The number of nitrogens with one attached hydrogen (secondary N) is 1. The second-order valence-electron chi connectivity index (χ2n) is 6.21. The molecule has 0 bridgehead atoms. The van der Waals surface area contributed by atoms with Crippen LogP contribution in [-0.4, -0.2) is 48.1 Å². The second kappa shape index (κ2) is 13.5. The van der Waals surface area contributed by atoms with E-state index in [0.717, 1.165) is 30.4 Å². The molecule has 28 heavy (non-hydrogen) atoms. The van der Waals surface area contributed by atoms with Crippen LogP contribution >= 0.6 is 24.0 Å². The maximum atomic E-state index is 12.3. The highest BCUT2D eigenvalue weighted by molar-refractivity contribution is 14.0. The molecule has 1 N–H and O–H groups in total. The van der Waals surface area contributed by atoms with Gasteiger partial charge in [0.1, 0.15) is 5.75 Å². The van der Waals surface area contributed by atoms with E-state index in [1.165, 1.54) is 5.56 Å². The minimum absolute atomic E-state index is 0. The second-order valence-corrected chi connectivity index (χ2v) is 7.79. The minimum Gasteiger partial charge on any atom is -0.497 e. The molecule has 0 amide bonds. The smallest absolute Gasteiger partial charge is 0.193 e. The first-order valence-electron chi connectivity index (χ1n) is 9.13. The third-order valence-corrected chi connectivity index (χ3v) is 5.32. The number of hydrogen-bond donors (Lipinski definition) is 1. The highest BCUT2D eigenvalue weighted by Crippen LogP contribution is 2.12. The number of hydrogen-bond acceptors (Lipinski definition) is 3. The average molecular weight is 515 g/mol. The van der Waals surface area contributed by atoms with Crippen LogP contribution in [0, 0.1) is 0 Å². The Balaban J connectivity index is 0.00000392. The first kappa shape index (κ1) is 24.4. The van der Waals surface area contributed by atoms with Gasteiger partial charge in [-0.05, 0) is 30.2 Å². The Morgan fingerprint density at radius 2 is 1.79 bits per heavy atom. The van der Waals surface area contributed by atoms with E-state index in [1.54, 1.807) is 7.11 Å². The molecule has 2 rings (SSSR count). The predicted molar refractivity (Wildman–Crippen MR) is 129 cm³/mol. The van der Waals surface area contributed by atoms with E-state index in [4.69, 9.17) is 4.74 Å². The quantitative estimate of drug-likeness (QED) is 0.315. The number of rotatable bonds is 9. The van der Waals surface area contributed by atoms with Gasteiger partial charge in [-0.1, -0.05) is 42.5 Å². The van der Waals surface area contributed by atoms with Crippen molar-refractivity contribution < 1.29 is 8.95 Å². The number of guanidine groups is 1. The van der Waals surface area contributed by atoms with E-state index < -0.39 is 10.8 Å². The van der Waals surface area contributed by atoms with Crippen molar-refractivity contribution >= 4 is 40.7 Å². The molecular formula is C21H30IN3O2S. The molecule has 0 spiro atoms. The zero-order valence-electron chi connectivity index (χ0n) is 16.8. The molecule has 0 saturated carbocycles. The maximum absolute atomic E-state index is 12.3. The van der Waals surface area contributed by atoms with Gasteiger partial charge >= 0.3 is 0 Å². The molecule has 0 aliphatic carbocycles. The van der Waals surface area contributed by atoms with Crippen molar-refractivity contribution in [3.8, 4) is 5.75 Å². The maximum Gasteiger partial charge on any atom is 0.193 e. The van der Waals surface area contributed by atoms with Gasteiger partial charge in [0.25, 0.3) is 0 Å². The lowest BCUT2D eigenvalue weighted by Crippen LogP contribution is -2.38. The highest BCUT2D eigenvalue weighted by Gasteiger charge is 2.07. The molecule has 2 aromatic rings. The fraction of sp³-hybridized carbons (Fsp3) is 0.381. The Hall–Kier alpha value is -1.61. The Kier molecular flexibility index (Phi) is 11.8. The molecule has 0 fully saturated rings. The van der Waals surface area contributed by atoms with E-state index >= 15 is 0 Å². The third-order valence-electron chi connectivity index (χ3n) is 4.03. The van der Waals surface area contributed by atoms with Gasteiger partial charge in [-0.15, -0.1) is 24.0 Å². The van der Waals surface area contributed by atoms with Crippen LogP contribution < -0.4 is 10.1 Å². The molecule has 0 saturated heterocycles. The Labute approximate surface area is 188 Å². The summed E-state index contributed by atoms with van der Waals surface area (Å²) in [5.74, 6) is 2.81. The summed E-state index contributed by atoms with van der Waals surface area (Å²) in [6, 6.07) is 17.9. The van der Waals surface area contributed by atoms with Crippen molar-refractivity contribution in [2.45, 2.75) is 19.2 Å². The molecule has 7 heteroatoms. The number of ether oxygens (including phenoxy) is 1. The van der Waals surface area contributed by atoms with Crippen LogP contribution in [0.15, 0.2) is 59.6 Å². The van der Waals surface area contributed by atoms with Gasteiger partial charge in [0.2, 0.25) is 0 Å². The van der Waals surface area contributed by atoms with Crippen molar-refractivity contribution in [3.05, 3.63) is 65.7 Å². The van der Waals surface area contributed by atoms with E-state index in [2.05, 4.69) is 15.2 Å². The van der Waals surface area contributed by atoms with E-state index in [0.29, 0.717) is 18.1 Å². The molecule has 0 aliphatic heterocycles. The van der Waals surface area contributed by atoms with Crippen molar-refractivity contribution in [3.63, 3.8) is 0 Å². The fourth-order valence-corrected chi connectivity index (χ4v) is 3.64. The summed E-state index contributed by atoms with van der Waals surface area (Å²) < 4.78 is 17.5. The highest BCUT2D eigenvalue weighted by atomic mass is 127. The number of methoxy groups -OCH3 is 1. The van der Waals surface area contributed by atoms with Crippen LogP contribution in [0.1, 0.15) is 18.1 Å². The van der Waals surface area contributed by atoms with E-state index in [1.807, 2.05) is 68.6 Å².